The van der Waals surface area contributed by atoms with Crippen molar-refractivity contribution in [2.75, 3.05) is 0 Å². The molecule has 6 rings (SSSR count). The molecule has 0 aliphatic heterocycles. The zero-order chi connectivity index (χ0) is 27.2. The molecular weight excluding hydrogens is 480 g/mol. The van der Waals surface area contributed by atoms with Crippen molar-refractivity contribution in [3.05, 3.63) is 192 Å². The van der Waals surface area contributed by atoms with Crippen molar-refractivity contribution in [3.8, 4) is 22.3 Å². The minimum atomic E-state index is 1.20. The van der Waals surface area contributed by atoms with E-state index >= 15 is 0 Å². The minimum absolute atomic E-state index is 1.20. The highest BCUT2D eigenvalue weighted by molar-refractivity contribution is 5.87. The van der Waals surface area contributed by atoms with Gasteiger partial charge in [0.05, 0.1) is 0 Å². The van der Waals surface area contributed by atoms with Crippen LogP contribution in [0.25, 0.3) is 46.6 Å². The lowest BCUT2D eigenvalue weighted by Crippen LogP contribution is -1.88. The zero-order valence-corrected chi connectivity index (χ0v) is 22.5. The summed E-state index contributed by atoms with van der Waals surface area (Å²) in [7, 11) is 0. The van der Waals surface area contributed by atoms with E-state index in [4.69, 9.17) is 0 Å². The van der Waals surface area contributed by atoms with E-state index < -0.39 is 0 Å². The Balaban J connectivity index is 0.000000223. The molecule has 0 heteroatoms. The molecule has 0 bridgehead atoms. The molecule has 0 aliphatic carbocycles. The number of hydrogen-bond acceptors (Lipinski definition) is 0. The van der Waals surface area contributed by atoms with Gasteiger partial charge in [-0.3, -0.25) is 0 Å². The van der Waals surface area contributed by atoms with Crippen LogP contribution in [-0.2, 0) is 0 Å². The molecule has 0 N–H and O–H groups in total. The van der Waals surface area contributed by atoms with Crippen molar-refractivity contribution in [3.63, 3.8) is 0 Å². The molecule has 0 heterocycles. The average Bonchev–Trinajstić information content (AvgIpc) is 3.05. The highest BCUT2D eigenvalue weighted by Crippen LogP contribution is 2.29. The maximum Gasteiger partial charge on any atom is -0.0105 e. The van der Waals surface area contributed by atoms with Crippen molar-refractivity contribution in [2.24, 2.45) is 0 Å². The molecule has 0 atom stereocenters. The van der Waals surface area contributed by atoms with E-state index in [1.54, 1.807) is 0 Å². The summed E-state index contributed by atoms with van der Waals surface area (Å²) in [6, 6.07) is 58.7. The van der Waals surface area contributed by atoms with Crippen molar-refractivity contribution in [1.82, 2.24) is 0 Å². The summed E-state index contributed by atoms with van der Waals surface area (Å²) in [6.45, 7) is 0. The fourth-order valence-corrected chi connectivity index (χ4v) is 4.54. The first-order valence-corrected chi connectivity index (χ1v) is 13.6. The molecule has 6 aromatic carbocycles. The molecule has 192 valence electrons. The Morgan fingerprint density at radius 2 is 0.675 bits per heavy atom. The highest BCUT2D eigenvalue weighted by atomic mass is 14.1. The smallest absolute Gasteiger partial charge is 0.0105 e. The molecule has 40 heavy (non-hydrogen) atoms. The van der Waals surface area contributed by atoms with Crippen molar-refractivity contribution >= 4 is 24.3 Å². The van der Waals surface area contributed by atoms with Crippen LogP contribution in [0.1, 0.15) is 22.3 Å². The monoisotopic (exact) mass is 512 g/mol. The fourth-order valence-electron chi connectivity index (χ4n) is 4.54. The lowest BCUT2D eigenvalue weighted by molar-refractivity contribution is 1.56. The second-order valence-electron chi connectivity index (χ2n) is 9.39. The SMILES string of the molecule is C(=Cc1cccc(-c2ccccc2)c1C=Cc1ccccc1)c1ccccc1.c1ccc(-c2ccccc2)cc1. The van der Waals surface area contributed by atoms with Crippen LogP contribution in [-0.4, -0.2) is 0 Å². The quantitative estimate of drug-likeness (QED) is 0.195. The summed E-state index contributed by atoms with van der Waals surface area (Å²) >= 11 is 0. The van der Waals surface area contributed by atoms with E-state index in [9.17, 15) is 0 Å². The largest absolute Gasteiger partial charge is 0.0622 e. The minimum Gasteiger partial charge on any atom is -0.0622 e. The Morgan fingerprint density at radius 1 is 0.275 bits per heavy atom. The van der Waals surface area contributed by atoms with Crippen molar-refractivity contribution in [2.45, 2.75) is 0 Å². The summed E-state index contributed by atoms with van der Waals surface area (Å²) < 4.78 is 0. The van der Waals surface area contributed by atoms with Gasteiger partial charge in [-0.1, -0.05) is 194 Å². The van der Waals surface area contributed by atoms with Gasteiger partial charge in [-0.2, -0.15) is 0 Å². The molecule has 0 unspecified atom stereocenters. The molecule has 0 radical (unpaired) electrons. The van der Waals surface area contributed by atoms with Crippen LogP contribution >= 0.6 is 0 Å². The molecule has 0 spiro atoms. The van der Waals surface area contributed by atoms with Gasteiger partial charge in [0.15, 0.2) is 0 Å². The molecule has 6 aromatic rings. The zero-order valence-electron chi connectivity index (χ0n) is 22.5. The third-order valence-electron chi connectivity index (χ3n) is 6.60. The lowest BCUT2D eigenvalue weighted by atomic mass is 9.94. The van der Waals surface area contributed by atoms with E-state index in [0.717, 1.165) is 0 Å². The maximum absolute atomic E-state index is 2.22. The first-order valence-electron chi connectivity index (χ1n) is 13.6. The van der Waals surface area contributed by atoms with Gasteiger partial charge >= 0.3 is 0 Å². The van der Waals surface area contributed by atoms with Gasteiger partial charge in [-0.05, 0) is 44.5 Å². The van der Waals surface area contributed by atoms with E-state index in [2.05, 4.69) is 170 Å². The molecule has 0 amide bonds. The normalized spacial score (nSPS) is 10.8. The van der Waals surface area contributed by atoms with Crippen molar-refractivity contribution in [1.29, 1.82) is 0 Å². The predicted molar refractivity (Wildman–Crippen MR) is 174 cm³/mol. The van der Waals surface area contributed by atoms with Crippen molar-refractivity contribution < 1.29 is 0 Å². The van der Waals surface area contributed by atoms with Gasteiger partial charge in [-0.15, -0.1) is 0 Å². The molecule has 0 fully saturated rings. The number of benzene rings is 6. The van der Waals surface area contributed by atoms with Gasteiger partial charge in [0, 0.05) is 0 Å². The summed E-state index contributed by atoms with van der Waals surface area (Å²) in [6.07, 6.45) is 8.78. The van der Waals surface area contributed by atoms with Gasteiger partial charge in [0.2, 0.25) is 0 Å². The third kappa shape index (κ3) is 7.43. The van der Waals surface area contributed by atoms with E-state index in [1.807, 2.05) is 24.3 Å². The predicted octanol–water partition coefficient (Wildman–Crippen LogP) is 11.0. The van der Waals surface area contributed by atoms with Crippen LogP contribution in [0.2, 0.25) is 0 Å². The number of rotatable bonds is 6. The molecule has 0 aliphatic rings. The topological polar surface area (TPSA) is 0 Å². The highest BCUT2D eigenvalue weighted by Gasteiger charge is 2.06. The Labute approximate surface area is 238 Å². The Morgan fingerprint density at radius 3 is 1.15 bits per heavy atom. The second-order valence-corrected chi connectivity index (χ2v) is 9.39. The average molecular weight is 513 g/mol. The third-order valence-corrected chi connectivity index (χ3v) is 6.60. The van der Waals surface area contributed by atoms with Crippen LogP contribution in [0, 0.1) is 0 Å². The van der Waals surface area contributed by atoms with Crippen LogP contribution in [0.3, 0.4) is 0 Å². The summed E-state index contributed by atoms with van der Waals surface area (Å²) in [5, 5.41) is 0. The van der Waals surface area contributed by atoms with Crippen LogP contribution in [0.5, 0.6) is 0 Å². The van der Waals surface area contributed by atoms with E-state index in [0.29, 0.717) is 0 Å². The van der Waals surface area contributed by atoms with Gasteiger partial charge in [0.1, 0.15) is 0 Å². The fraction of sp³-hybridized carbons (Fsp3) is 0. The van der Waals surface area contributed by atoms with E-state index in [1.165, 1.54) is 44.5 Å². The van der Waals surface area contributed by atoms with E-state index in [-0.39, 0.29) is 0 Å². The van der Waals surface area contributed by atoms with Gasteiger partial charge in [-0.25, -0.2) is 0 Å². The number of hydrogen-bond donors (Lipinski definition) is 0. The Hall–Kier alpha value is -5.20. The molecular formula is C40H32. The standard InChI is InChI=1S/C28H22.C12H10/c1-4-11-23(12-5-1)19-21-26-17-10-18-27(25-15-8-3-9-16-25)28(26)22-20-24-13-6-2-7-14-24;1-3-7-11(8-4-1)12-9-5-2-6-10-12/h1-22H;1-10H. The maximum atomic E-state index is 2.22. The first-order chi connectivity index (χ1) is 19.9. The second kappa shape index (κ2) is 14.1. The summed E-state index contributed by atoms with van der Waals surface area (Å²) in [4.78, 5) is 0. The summed E-state index contributed by atoms with van der Waals surface area (Å²) in [5.41, 5.74) is 9.85. The van der Waals surface area contributed by atoms with Crippen LogP contribution < -0.4 is 0 Å². The van der Waals surface area contributed by atoms with Gasteiger partial charge < -0.3 is 0 Å². The summed E-state index contributed by atoms with van der Waals surface area (Å²) in [5.74, 6) is 0. The lowest BCUT2D eigenvalue weighted by Gasteiger charge is -2.10. The van der Waals surface area contributed by atoms with Gasteiger partial charge in [0.25, 0.3) is 0 Å². The Kier molecular flexibility index (Phi) is 9.30. The molecule has 0 saturated heterocycles. The first kappa shape index (κ1) is 26.4. The molecule has 0 aromatic heterocycles. The Bertz CT molecular complexity index is 1590. The molecule has 0 nitrogen and oxygen atoms in total. The van der Waals surface area contributed by atoms with Crippen LogP contribution in [0.4, 0.5) is 0 Å². The van der Waals surface area contributed by atoms with Crippen LogP contribution in [0.15, 0.2) is 170 Å². The molecule has 0 saturated carbocycles.